The van der Waals surface area contributed by atoms with Gasteiger partial charge in [0, 0.05) is 30.7 Å². The smallest absolute Gasteiger partial charge is 0.316 e. The summed E-state index contributed by atoms with van der Waals surface area (Å²) in [6.45, 7) is 4.19. The summed E-state index contributed by atoms with van der Waals surface area (Å²) in [4.78, 5) is 15.9. The van der Waals surface area contributed by atoms with E-state index in [9.17, 15) is 9.90 Å². The van der Waals surface area contributed by atoms with Gasteiger partial charge in [0.15, 0.2) is 0 Å². The van der Waals surface area contributed by atoms with Crippen LogP contribution in [0.5, 0.6) is 0 Å². The van der Waals surface area contributed by atoms with Crippen LogP contribution in [0.2, 0.25) is 5.02 Å². The highest BCUT2D eigenvalue weighted by Crippen LogP contribution is 2.29. The summed E-state index contributed by atoms with van der Waals surface area (Å²) in [6, 6.07) is 15.4. The third-order valence-electron chi connectivity index (χ3n) is 6.15. The SMILES string of the molecule is NC(=O)Nc1ccccc1N1C[C@H](NC2CCN(Cc3ccc(Cl)cc3)CC2)[C@@H](O)C1. The first-order valence-corrected chi connectivity index (χ1v) is 11.2. The van der Waals surface area contributed by atoms with Crippen molar-refractivity contribution in [3.8, 4) is 0 Å². The molecule has 5 N–H and O–H groups in total. The van der Waals surface area contributed by atoms with Crippen molar-refractivity contribution in [2.75, 3.05) is 36.4 Å². The van der Waals surface area contributed by atoms with Crippen molar-refractivity contribution in [1.29, 1.82) is 0 Å². The lowest BCUT2D eigenvalue weighted by Crippen LogP contribution is -2.49. The number of halogens is 1. The molecule has 2 saturated heterocycles. The summed E-state index contributed by atoms with van der Waals surface area (Å²) in [5.41, 5.74) is 8.12. The highest BCUT2D eigenvalue weighted by molar-refractivity contribution is 6.30. The van der Waals surface area contributed by atoms with Crippen molar-refractivity contribution in [3.63, 3.8) is 0 Å². The molecule has 2 amide bonds. The fraction of sp³-hybridized carbons (Fsp3) is 0.435. The van der Waals surface area contributed by atoms with Gasteiger partial charge in [-0.3, -0.25) is 4.90 Å². The van der Waals surface area contributed by atoms with Crippen LogP contribution in [0.15, 0.2) is 48.5 Å². The number of rotatable bonds is 6. The molecule has 0 aliphatic carbocycles. The molecule has 2 atom stereocenters. The van der Waals surface area contributed by atoms with Crippen molar-refractivity contribution in [3.05, 3.63) is 59.1 Å². The lowest BCUT2D eigenvalue weighted by atomic mass is 10.0. The van der Waals surface area contributed by atoms with E-state index in [1.807, 2.05) is 36.4 Å². The molecule has 0 spiro atoms. The Balaban J connectivity index is 1.29. The summed E-state index contributed by atoms with van der Waals surface area (Å²) in [7, 11) is 0. The third-order valence-corrected chi connectivity index (χ3v) is 6.40. The number of primary amides is 1. The second-order valence-corrected chi connectivity index (χ2v) is 8.87. The van der Waals surface area contributed by atoms with Crippen LogP contribution in [0.25, 0.3) is 0 Å². The van der Waals surface area contributed by atoms with Crippen molar-refractivity contribution >= 4 is 29.0 Å². The van der Waals surface area contributed by atoms with Gasteiger partial charge in [0.25, 0.3) is 0 Å². The lowest BCUT2D eigenvalue weighted by Gasteiger charge is -2.34. The average Bonchev–Trinajstić information content (AvgIpc) is 3.11. The van der Waals surface area contributed by atoms with Crippen molar-refractivity contribution < 1.29 is 9.90 Å². The first-order chi connectivity index (χ1) is 15.0. The molecule has 7 nitrogen and oxygen atoms in total. The van der Waals surface area contributed by atoms with Crippen LogP contribution in [0.1, 0.15) is 18.4 Å². The first kappa shape index (κ1) is 21.9. The molecule has 0 bridgehead atoms. The molecule has 166 valence electrons. The fourth-order valence-electron chi connectivity index (χ4n) is 4.54. The van der Waals surface area contributed by atoms with Crippen molar-refractivity contribution in [1.82, 2.24) is 10.2 Å². The van der Waals surface area contributed by atoms with Gasteiger partial charge < -0.3 is 26.4 Å². The molecule has 2 aromatic rings. The predicted molar refractivity (Wildman–Crippen MR) is 125 cm³/mol. The van der Waals surface area contributed by atoms with Gasteiger partial charge in [-0.15, -0.1) is 0 Å². The summed E-state index contributed by atoms with van der Waals surface area (Å²) >= 11 is 5.98. The van der Waals surface area contributed by atoms with E-state index in [0.717, 1.165) is 43.2 Å². The number of para-hydroxylation sites is 2. The molecular weight excluding hydrogens is 414 g/mol. The molecule has 0 unspecified atom stereocenters. The van der Waals surface area contributed by atoms with E-state index in [0.29, 0.717) is 24.8 Å². The number of carbonyl (C=O) groups is 1. The van der Waals surface area contributed by atoms with E-state index >= 15 is 0 Å². The van der Waals surface area contributed by atoms with E-state index in [1.165, 1.54) is 5.56 Å². The van der Waals surface area contributed by atoms with E-state index in [1.54, 1.807) is 0 Å². The van der Waals surface area contributed by atoms with E-state index in [-0.39, 0.29) is 6.04 Å². The number of likely N-dealkylation sites (tertiary alicyclic amines) is 1. The molecule has 0 aromatic heterocycles. The van der Waals surface area contributed by atoms with Gasteiger partial charge in [-0.25, -0.2) is 4.79 Å². The Kier molecular flexibility index (Phi) is 6.97. The summed E-state index contributed by atoms with van der Waals surface area (Å²) in [5, 5.41) is 17.8. The summed E-state index contributed by atoms with van der Waals surface area (Å²) < 4.78 is 0. The van der Waals surface area contributed by atoms with Crippen LogP contribution in [0.3, 0.4) is 0 Å². The maximum absolute atomic E-state index is 11.3. The number of aliphatic hydroxyl groups excluding tert-OH is 1. The van der Waals surface area contributed by atoms with Gasteiger partial charge in [-0.05, 0) is 55.8 Å². The van der Waals surface area contributed by atoms with Gasteiger partial charge in [0.2, 0.25) is 0 Å². The predicted octanol–water partition coefficient (Wildman–Crippen LogP) is 2.63. The zero-order chi connectivity index (χ0) is 21.8. The molecule has 8 heteroatoms. The number of anilines is 2. The number of nitrogens with zero attached hydrogens (tertiary/aromatic N) is 2. The number of benzene rings is 2. The van der Waals surface area contributed by atoms with Crippen LogP contribution < -0.4 is 21.3 Å². The van der Waals surface area contributed by atoms with Gasteiger partial charge in [-0.1, -0.05) is 35.9 Å². The molecule has 2 heterocycles. The number of urea groups is 1. The molecule has 2 aliphatic rings. The van der Waals surface area contributed by atoms with Crippen LogP contribution >= 0.6 is 11.6 Å². The number of hydrogen-bond donors (Lipinski definition) is 4. The van der Waals surface area contributed by atoms with E-state index in [4.69, 9.17) is 17.3 Å². The monoisotopic (exact) mass is 443 g/mol. The number of amides is 2. The Hall–Kier alpha value is -2.32. The minimum absolute atomic E-state index is 0.00514. The number of β-amino-alcohol motifs (C(OH)–C–C–N with tert-alkyl or cyclic N) is 1. The number of piperidine rings is 1. The number of carbonyl (C=O) groups excluding carboxylic acids is 1. The Bertz CT molecular complexity index is 886. The maximum Gasteiger partial charge on any atom is 0.316 e. The first-order valence-electron chi connectivity index (χ1n) is 10.8. The third kappa shape index (κ3) is 5.68. The summed E-state index contributed by atoms with van der Waals surface area (Å²) in [6.07, 6.45) is 1.64. The second kappa shape index (κ2) is 9.87. The van der Waals surface area contributed by atoms with Crippen LogP contribution in [-0.2, 0) is 6.54 Å². The Morgan fingerprint density at radius 2 is 1.81 bits per heavy atom. The standard InChI is InChI=1S/C23H30ClN5O2/c24-17-7-5-16(6-8-17)13-28-11-9-18(10-12-28)26-20-14-29(15-22(20)30)21-4-2-1-3-19(21)27-23(25)31/h1-8,18,20,22,26,30H,9-15H2,(H3,25,27,31)/t20-,22-/m0/s1. The topological polar surface area (TPSA) is 93.9 Å². The molecule has 0 saturated carbocycles. The van der Waals surface area contributed by atoms with Crippen molar-refractivity contribution in [2.45, 2.75) is 37.6 Å². The van der Waals surface area contributed by atoms with Crippen LogP contribution in [0, 0.1) is 0 Å². The number of aliphatic hydroxyl groups is 1. The minimum atomic E-state index is -0.591. The quantitative estimate of drug-likeness (QED) is 0.550. The molecule has 2 fully saturated rings. The van der Waals surface area contributed by atoms with E-state index < -0.39 is 12.1 Å². The molecule has 0 radical (unpaired) electrons. The minimum Gasteiger partial charge on any atom is -0.390 e. The van der Waals surface area contributed by atoms with E-state index in [2.05, 4.69) is 32.6 Å². The second-order valence-electron chi connectivity index (χ2n) is 8.43. The highest BCUT2D eigenvalue weighted by Gasteiger charge is 2.34. The van der Waals surface area contributed by atoms with Gasteiger partial charge in [-0.2, -0.15) is 0 Å². The number of nitrogens with two attached hydrogens (primary N) is 1. The van der Waals surface area contributed by atoms with Crippen LogP contribution in [0.4, 0.5) is 16.2 Å². The van der Waals surface area contributed by atoms with Gasteiger partial charge >= 0.3 is 6.03 Å². The summed E-state index contributed by atoms with van der Waals surface area (Å²) in [5.74, 6) is 0. The Morgan fingerprint density at radius 1 is 1.10 bits per heavy atom. The number of nitrogens with one attached hydrogen (secondary N) is 2. The zero-order valence-electron chi connectivity index (χ0n) is 17.5. The Morgan fingerprint density at radius 3 is 2.52 bits per heavy atom. The largest absolute Gasteiger partial charge is 0.390 e. The molecule has 2 aromatic carbocycles. The molecule has 31 heavy (non-hydrogen) atoms. The lowest BCUT2D eigenvalue weighted by molar-refractivity contribution is 0.136. The van der Waals surface area contributed by atoms with Gasteiger partial charge in [0.1, 0.15) is 0 Å². The van der Waals surface area contributed by atoms with Crippen LogP contribution in [-0.4, -0.2) is 60.4 Å². The Labute approximate surface area is 188 Å². The maximum atomic E-state index is 11.3. The average molecular weight is 444 g/mol. The van der Waals surface area contributed by atoms with Crippen molar-refractivity contribution in [2.24, 2.45) is 5.73 Å². The normalized spacial score (nSPS) is 22.6. The molecule has 4 rings (SSSR count). The highest BCUT2D eigenvalue weighted by atomic mass is 35.5. The molecular formula is C23H30ClN5O2. The zero-order valence-corrected chi connectivity index (χ0v) is 18.3. The molecule has 2 aliphatic heterocycles. The fourth-order valence-corrected chi connectivity index (χ4v) is 4.67. The van der Waals surface area contributed by atoms with Gasteiger partial charge in [0.05, 0.1) is 23.5 Å². The number of hydrogen-bond acceptors (Lipinski definition) is 5.